The van der Waals surface area contributed by atoms with Crippen LogP contribution < -0.4 is 0 Å². The van der Waals surface area contributed by atoms with Crippen LogP contribution in [0.5, 0.6) is 0 Å². The minimum absolute atomic E-state index is 0. The van der Waals surface area contributed by atoms with Crippen molar-refractivity contribution in [2.75, 3.05) is 57.6 Å². The van der Waals surface area contributed by atoms with E-state index in [0.29, 0.717) is 9.80 Å². The number of hydrogen-bond acceptors (Lipinski definition) is 8. The first-order chi connectivity index (χ1) is 13.9. The zero-order valence-electron chi connectivity index (χ0n) is 18.2. The van der Waals surface area contributed by atoms with Gasteiger partial charge in [0, 0.05) is 26.2 Å². The normalized spacial score (nSPS) is 13.4. The zero-order valence-corrected chi connectivity index (χ0v) is 26.1. The second kappa shape index (κ2) is 17.8. The van der Waals surface area contributed by atoms with Crippen LogP contribution in [0.15, 0.2) is 0 Å². The fourth-order valence-electron chi connectivity index (χ4n) is 2.49. The molecule has 0 unspecified atom stereocenters. The van der Waals surface area contributed by atoms with Gasteiger partial charge in [-0.05, 0) is 0 Å². The van der Waals surface area contributed by atoms with Crippen LogP contribution in [0.4, 0.5) is 0 Å². The van der Waals surface area contributed by atoms with Gasteiger partial charge in [-0.3, -0.25) is 37.5 Å². The van der Waals surface area contributed by atoms with Crippen LogP contribution >= 0.6 is 38.0 Å². The van der Waals surface area contributed by atoms with E-state index in [0.717, 1.165) is 4.90 Å². The molecule has 0 heterocycles. The van der Waals surface area contributed by atoms with Crippen molar-refractivity contribution in [1.29, 1.82) is 0 Å². The molecule has 0 aromatic rings. The molecule has 0 aromatic carbocycles. The standard InChI is InChI=1S/C9H28N3O15P5.3Al/c13-28(14,15)5-10(1-3-11(6-29(16,17)18)7-30(19,20)21)2-4-12(8-31(22,23)24)9-32(25,26)27;;;/h1-9H2,(H2,13,14,15)(H2,16,17,18)(H2,19,20,21)(H2,22,23,24)(H2,25,26,27);;;/q;3*+3. The Morgan fingerprint density at radius 3 is 0.657 bits per heavy atom. The molecule has 0 saturated heterocycles. The van der Waals surface area contributed by atoms with Crippen molar-refractivity contribution < 1.29 is 71.8 Å². The third-order valence-corrected chi connectivity index (χ3v) is 7.23. The molecule has 0 atom stereocenters. The Morgan fingerprint density at radius 1 is 0.343 bits per heavy atom. The van der Waals surface area contributed by atoms with Gasteiger partial charge in [0.1, 0.15) is 31.4 Å². The molecule has 10 N–H and O–H groups in total. The van der Waals surface area contributed by atoms with Crippen LogP contribution in [0, 0.1) is 0 Å². The molecule has 0 rings (SSSR count). The van der Waals surface area contributed by atoms with E-state index in [1.165, 1.54) is 0 Å². The van der Waals surface area contributed by atoms with E-state index in [1.54, 1.807) is 0 Å². The summed E-state index contributed by atoms with van der Waals surface area (Å²) in [5, 5.41) is 0. The van der Waals surface area contributed by atoms with Gasteiger partial charge in [-0.25, -0.2) is 0 Å². The fourth-order valence-corrected chi connectivity index (χ4v) is 6.66. The van der Waals surface area contributed by atoms with E-state index >= 15 is 0 Å². The predicted molar refractivity (Wildman–Crippen MR) is 127 cm³/mol. The molecule has 0 aromatic heterocycles. The van der Waals surface area contributed by atoms with Crippen molar-refractivity contribution in [2.24, 2.45) is 0 Å². The molecule has 0 radical (unpaired) electrons. The molecule has 0 amide bonds. The minimum atomic E-state index is -4.76. The van der Waals surface area contributed by atoms with Gasteiger partial charge in [0.15, 0.2) is 0 Å². The van der Waals surface area contributed by atoms with Gasteiger partial charge in [-0.1, -0.05) is 0 Å². The molecular weight excluding hydrogens is 626 g/mol. The largest absolute Gasteiger partial charge is 3.00 e. The van der Waals surface area contributed by atoms with E-state index in [9.17, 15) is 32.6 Å². The molecule has 0 saturated carbocycles. The summed E-state index contributed by atoms with van der Waals surface area (Å²) >= 11 is 0. The van der Waals surface area contributed by atoms with Gasteiger partial charge < -0.3 is 48.9 Å². The number of rotatable bonds is 16. The summed E-state index contributed by atoms with van der Waals surface area (Å²) in [5.41, 5.74) is 0. The molecule has 0 aliphatic rings. The first-order valence-corrected chi connectivity index (χ1v) is 17.3. The third kappa shape index (κ3) is 30.6. The second-order valence-corrected chi connectivity index (χ2v) is 15.0. The van der Waals surface area contributed by atoms with Crippen molar-refractivity contribution in [3.63, 3.8) is 0 Å². The summed E-state index contributed by atoms with van der Waals surface area (Å²) in [7, 11) is -23.8. The maximum Gasteiger partial charge on any atom is 3.00 e. The summed E-state index contributed by atoms with van der Waals surface area (Å²) in [4.78, 5) is 93.2. The quantitative estimate of drug-likeness (QED) is 0.0569. The Hall–Kier alpha value is 2.23. The number of hydrogen-bond donors (Lipinski definition) is 10. The molecule has 0 bridgehead atoms. The van der Waals surface area contributed by atoms with Gasteiger partial charge in [0.2, 0.25) is 0 Å². The first kappa shape index (κ1) is 44.3. The summed E-state index contributed by atoms with van der Waals surface area (Å²) in [6.07, 6.45) is -5.21. The summed E-state index contributed by atoms with van der Waals surface area (Å²) in [6, 6.07) is 0. The van der Waals surface area contributed by atoms with Crippen molar-refractivity contribution >= 4 is 90.1 Å². The van der Waals surface area contributed by atoms with E-state index in [4.69, 9.17) is 39.1 Å². The molecule has 0 spiro atoms. The van der Waals surface area contributed by atoms with Crippen LogP contribution in [0.1, 0.15) is 0 Å². The van der Waals surface area contributed by atoms with Crippen LogP contribution in [-0.4, -0.2) is 173 Å². The summed E-state index contributed by atoms with van der Waals surface area (Å²) in [6.45, 7) is -1.78. The van der Waals surface area contributed by atoms with E-state index in [2.05, 4.69) is 0 Å². The molecule has 18 nitrogen and oxygen atoms in total. The van der Waals surface area contributed by atoms with Crippen LogP contribution in [0.3, 0.4) is 0 Å². The maximum absolute atomic E-state index is 11.4. The molecule has 0 aliphatic heterocycles. The maximum atomic E-state index is 11.4. The molecule has 35 heavy (non-hydrogen) atoms. The average molecular weight is 654 g/mol. The van der Waals surface area contributed by atoms with Crippen LogP contribution in [-0.2, 0) is 22.8 Å². The monoisotopic (exact) mass is 654 g/mol. The third-order valence-electron chi connectivity index (χ3n) is 3.39. The van der Waals surface area contributed by atoms with Gasteiger partial charge in [-0.2, -0.15) is 0 Å². The Bertz CT molecular complexity index is 735. The Labute approximate surface area is 233 Å². The fraction of sp³-hybridized carbons (Fsp3) is 1.00. The van der Waals surface area contributed by atoms with E-state index in [-0.39, 0.29) is 52.1 Å². The Morgan fingerprint density at radius 2 is 0.486 bits per heavy atom. The van der Waals surface area contributed by atoms with Gasteiger partial charge in [-0.15, -0.1) is 0 Å². The Kier molecular flexibility index (Phi) is 22.5. The average Bonchev–Trinajstić information content (AvgIpc) is 2.41. The topological polar surface area (TPSA) is 297 Å². The van der Waals surface area contributed by atoms with Crippen LogP contribution in [0.25, 0.3) is 0 Å². The number of nitrogens with zero attached hydrogens (tertiary/aromatic N) is 3. The van der Waals surface area contributed by atoms with Crippen molar-refractivity contribution in [3.8, 4) is 0 Å². The predicted octanol–water partition coefficient (Wildman–Crippen LogP) is -3.57. The van der Waals surface area contributed by atoms with Crippen molar-refractivity contribution in [2.45, 2.75) is 0 Å². The van der Waals surface area contributed by atoms with Gasteiger partial charge in [0.25, 0.3) is 0 Å². The van der Waals surface area contributed by atoms with Gasteiger partial charge >= 0.3 is 90.1 Å². The van der Waals surface area contributed by atoms with E-state index < -0.39 is 95.6 Å². The van der Waals surface area contributed by atoms with Crippen LogP contribution in [0.2, 0.25) is 0 Å². The smallest absolute Gasteiger partial charge is 0.324 e. The zero-order chi connectivity index (χ0) is 25.6. The van der Waals surface area contributed by atoms with E-state index in [1.807, 2.05) is 0 Å². The molecule has 0 aliphatic carbocycles. The van der Waals surface area contributed by atoms with Crippen molar-refractivity contribution in [1.82, 2.24) is 14.7 Å². The van der Waals surface area contributed by atoms with Crippen molar-refractivity contribution in [3.05, 3.63) is 0 Å². The summed E-state index contributed by atoms with van der Waals surface area (Å²) in [5.74, 6) is 0. The SMILES string of the molecule is O=P(O)(O)CN(CCN(CP(=O)(O)O)CP(=O)(O)O)CCN(CP(=O)(O)O)CP(=O)(O)O.[Al+3].[Al+3].[Al+3]. The molecular formula is C9H28Al3N3O15P5+9. The molecule has 26 heteroatoms. The minimum Gasteiger partial charge on any atom is -0.324 e. The first-order valence-electron chi connectivity index (χ1n) is 8.34. The molecule has 194 valence electrons. The second-order valence-electron chi connectivity index (χ2n) is 6.94. The molecule has 0 fully saturated rings. The Balaban J connectivity index is -0.00000160. The van der Waals surface area contributed by atoms with Gasteiger partial charge in [0.05, 0.1) is 0 Å². The summed E-state index contributed by atoms with van der Waals surface area (Å²) < 4.78 is 56.1.